The van der Waals surface area contributed by atoms with Crippen LogP contribution in [0.2, 0.25) is 0 Å². The monoisotopic (exact) mass is 452 g/mol. The fourth-order valence-corrected chi connectivity index (χ4v) is 4.76. The Bertz CT molecular complexity index is 1070. The Morgan fingerprint density at radius 1 is 1.27 bits per heavy atom. The van der Waals surface area contributed by atoms with Gasteiger partial charge in [-0.25, -0.2) is 0 Å². The minimum Gasteiger partial charge on any atom is -0.493 e. The fraction of sp³-hybridized carbons (Fsp3) is 0.480. The quantitative estimate of drug-likeness (QED) is 0.468. The Morgan fingerprint density at radius 3 is 2.82 bits per heavy atom. The largest absolute Gasteiger partial charge is 0.493 e. The first-order chi connectivity index (χ1) is 15.9. The van der Waals surface area contributed by atoms with Crippen LogP contribution in [-0.2, 0) is 6.61 Å². The lowest BCUT2D eigenvalue weighted by molar-refractivity contribution is -0.386. The van der Waals surface area contributed by atoms with E-state index in [0.717, 1.165) is 60.4 Å². The van der Waals surface area contributed by atoms with Crippen LogP contribution in [-0.4, -0.2) is 42.3 Å². The summed E-state index contributed by atoms with van der Waals surface area (Å²) >= 11 is 0. The molecule has 2 atom stereocenters. The number of likely N-dealkylation sites (tertiary alicyclic amines) is 1. The standard InChI is InChI=1S/C25H32N4O4/c1-5-9-28-10-8-21-20(14-28)24(27-26-21)18-12-22(29(30)31)25(23(13-18)32-4)33-15-19-11-16(2)6-7-17(19)3/h6-7,11-13,20,24,27H,5,8-10,14-15H2,1-4H3. The molecule has 2 unspecified atom stereocenters. The van der Waals surface area contributed by atoms with Gasteiger partial charge in [0.1, 0.15) is 6.61 Å². The first-order valence-corrected chi connectivity index (χ1v) is 11.5. The van der Waals surface area contributed by atoms with Gasteiger partial charge in [-0.1, -0.05) is 30.7 Å². The summed E-state index contributed by atoms with van der Waals surface area (Å²) in [5.41, 5.74) is 8.25. The summed E-state index contributed by atoms with van der Waals surface area (Å²) < 4.78 is 11.6. The van der Waals surface area contributed by atoms with Gasteiger partial charge in [0.15, 0.2) is 5.75 Å². The van der Waals surface area contributed by atoms with Gasteiger partial charge < -0.3 is 19.8 Å². The van der Waals surface area contributed by atoms with Crippen molar-refractivity contribution in [1.82, 2.24) is 10.3 Å². The smallest absolute Gasteiger partial charge is 0.315 e. The molecule has 8 nitrogen and oxygen atoms in total. The summed E-state index contributed by atoms with van der Waals surface area (Å²) in [6, 6.07) is 9.43. The topological polar surface area (TPSA) is 89.2 Å². The second-order valence-electron chi connectivity index (χ2n) is 8.91. The number of nitro benzene ring substituents is 1. The van der Waals surface area contributed by atoms with E-state index in [9.17, 15) is 10.1 Å². The summed E-state index contributed by atoms with van der Waals surface area (Å²) in [4.78, 5) is 14.1. The molecule has 0 bridgehead atoms. The number of aryl methyl sites for hydroxylation is 2. The second kappa shape index (κ2) is 9.79. The van der Waals surface area contributed by atoms with Crippen LogP contribution in [0.25, 0.3) is 0 Å². The Kier molecular flexibility index (Phi) is 6.83. The number of hydrogen-bond acceptors (Lipinski definition) is 7. The maximum absolute atomic E-state index is 12.0. The average molecular weight is 453 g/mol. The number of methoxy groups -OCH3 is 1. The van der Waals surface area contributed by atoms with Crippen molar-refractivity contribution in [1.29, 1.82) is 0 Å². The molecule has 0 spiro atoms. The molecule has 1 saturated heterocycles. The first kappa shape index (κ1) is 23.0. The van der Waals surface area contributed by atoms with Crippen molar-refractivity contribution in [3.63, 3.8) is 0 Å². The lowest BCUT2D eigenvalue weighted by Gasteiger charge is -2.33. The van der Waals surface area contributed by atoms with Gasteiger partial charge in [-0.15, -0.1) is 0 Å². The number of benzene rings is 2. The van der Waals surface area contributed by atoms with E-state index in [1.807, 2.05) is 38.1 Å². The number of piperidine rings is 1. The van der Waals surface area contributed by atoms with Crippen LogP contribution < -0.4 is 14.9 Å². The van der Waals surface area contributed by atoms with Crippen molar-refractivity contribution in [2.75, 3.05) is 26.7 Å². The molecule has 4 rings (SSSR count). The van der Waals surface area contributed by atoms with Crippen molar-refractivity contribution >= 4 is 11.4 Å². The van der Waals surface area contributed by atoms with Crippen LogP contribution in [0.4, 0.5) is 5.69 Å². The maximum atomic E-state index is 12.0. The first-order valence-electron chi connectivity index (χ1n) is 11.5. The predicted octanol–water partition coefficient (Wildman–Crippen LogP) is 4.53. The number of nitrogens with one attached hydrogen (secondary N) is 1. The Hall–Kier alpha value is -3.13. The molecule has 8 heteroatoms. The molecular weight excluding hydrogens is 420 g/mol. The van der Waals surface area contributed by atoms with Crippen LogP contribution in [0.5, 0.6) is 11.5 Å². The van der Waals surface area contributed by atoms with Gasteiger partial charge in [-0.2, -0.15) is 5.10 Å². The summed E-state index contributed by atoms with van der Waals surface area (Å²) in [5.74, 6) is 0.708. The zero-order valence-electron chi connectivity index (χ0n) is 19.8. The number of nitro groups is 1. The molecular formula is C25H32N4O4. The SMILES string of the molecule is CCCN1CCC2=NNC(c3cc(OC)c(OCc4cc(C)ccc4C)c([N+](=O)[O-])c3)C2C1. The minimum atomic E-state index is -0.397. The molecule has 2 heterocycles. The molecule has 1 N–H and O–H groups in total. The molecule has 2 aromatic rings. The number of nitrogens with zero attached hydrogens (tertiary/aromatic N) is 3. The average Bonchev–Trinajstić information content (AvgIpc) is 3.22. The highest BCUT2D eigenvalue weighted by Gasteiger charge is 2.38. The van der Waals surface area contributed by atoms with E-state index < -0.39 is 4.92 Å². The number of fused-ring (bicyclic) bond motifs is 1. The summed E-state index contributed by atoms with van der Waals surface area (Å²) in [7, 11) is 1.52. The van der Waals surface area contributed by atoms with E-state index in [-0.39, 0.29) is 30.0 Å². The fourth-order valence-electron chi connectivity index (χ4n) is 4.76. The highest BCUT2D eigenvalue weighted by atomic mass is 16.6. The third-order valence-electron chi connectivity index (χ3n) is 6.57. The maximum Gasteiger partial charge on any atom is 0.315 e. The van der Waals surface area contributed by atoms with Crippen LogP contribution in [0.15, 0.2) is 35.4 Å². The number of hydrazone groups is 1. The van der Waals surface area contributed by atoms with Gasteiger partial charge in [-0.3, -0.25) is 10.1 Å². The predicted molar refractivity (Wildman–Crippen MR) is 128 cm³/mol. The van der Waals surface area contributed by atoms with Crippen molar-refractivity contribution in [2.45, 2.75) is 46.3 Å². The van der Waals surface area contributed by atoms with Crippen LogP contribution in [0.3, 0.4) is 0 Å². The highest BCUT2D eigenvalue weighted by molar-refractivity contribution is 5.90. The van der Waals surface area contributed by atoms with Crippen LogP contribution in [0, 0.1) is 29.9 Å². The zero-order valence-corrected chi connectivity index (χ0v) is 19.8. The number of rotatable bonds is 8. The molecule has 0 radical (unpaired) electrons. The second-order valence-corrected chi connectivity index (χ2v) is 8.91. The molecule has 2 aliphatic heterocycles. The molecule has 33 heavy (non-hydrogen) atoms. The lowest BCUT2D eigenvalue weighted by Crippen LogP contribution is -2.42. The van der Waals surface area contributed by atoms with E-state index in [1.54, 1.807) is 6.07 Å². The summed E-state index contributed by atoms with van der Waals surface area (Å²) in [5, 5.41) is 16.6. The van der Waals surface area contributed by atoms with Gasteiger partial charge in [0.05, 0.1) is 18.1 Å². The normalized spacial score (nSPS) is 20.1. The van der Waals surface area contributed by atoms with E-state index in [0.29, 0.717) is 5.75 Å². The van der Waals surface area contributed by atoms with Crippen molar-refractivity contribution in [3.8, 4) is 11.5 Å². The van der Waals surface area contributed by atoms with Crippen molar-refractivity contribution < 1.29 is 14.4 Å². The Morgan fingerprint density at radius 2 is 2.09 bits per heavy atom. The van der Waals surface area contributed by atoms with Gasteiger partial charge in [0.2, 0.25) is 5.75 Å². The molecule has 0 aliphatic carbocycles. The molecule has 2 aliphatic rings. The van der Waals surface area contributed by atoms with E-state index in [4.69, 9.17) is 9.47 Å². The van der Waals surface area contributed by atoms with Gasteiger partial charge in [0, 0.05) is 37.2 Å². The minimum absolute atomic E-state index is 0.0915. The van der Waals surface area contributed by atoms with Crippen LogP contribution in [0.1, 0.15) is 48.1 Å². The van der Waals surface area contributed by atoms with Crippen molar-refractivity contribution in [2.24, 2.45) is 11.0 Å². The molecule has 176 valence electrons. The van der Waals surface area contributed by atoms with Gasteiger partial charge >= 0.3 is 5.69 Å². The zero-order chi connectivity index (χ0) is 23.5. The van der Waals surface area contributed by atoms with E-state index >= 15 is 0 Å². The third-order valence-corrected chi connectivity index (χ3v) is 6.57. The number of hydrogen-bond donors (Lipinski definition) is 1. The van der Waals surface area contributed by atoms with E-state index in [2.05, 4.69) is 22.4 Å². The molecule has 1 fully saturated rings. The molecule has 0 aromatic heterocycles. The van der Waals surface area contributed by atoms with Crippen LogP contribution >= 0.6 is 0 Å². The number of ether oxygens (including phenoxy) is 2. The third kappa shape index (κ3) is 4.80. The summed E-state index contributed by atoms with van der Waals surface area (Å²) in [6.45, 7) is 9.37. The lowest BCUT2D eigenvalue weighted by atomic mass is 9.86. The molecule has 0 saturated carbocycles. The van der Waals surface area contributed by atoms with E-state index in [1.165, 1.54) is 7.11 Å². The van der Waals surface area contributed by atoms with Gasteiger partial charge in [0.25, 0.3) is 0 Å². The Balaban J connectivity index is 1.63. The Labute approximate surface area is 194 Å². The summed E-state index contributed by atoms with van der Waals surface area (Å²) in [6.07, 6.45) is 2.02. The molecule has 2 aromatic carbocycles. The van der Waals surface area contributed by atoms with Crippen molar-refractivity contribution in [3.05, 3.63) is 62.7 Å². The molecule has 0 amide bonds. The highest BCUT2D eigenvalue weighted by Crippen LogP contribution is 2.43. The van der Waals surface area contributed by atoms with Gasteiger partial charge in [-0.05, 0) is 49.6 Å².